The van der Waals surface area contributed by atoms with E-state index in [1.54, 1.807) is 0 Å². The van der Waals surface area contributed by atoms with Crippen molar-refractivity contribution in [1.29, 1.82) is 0 Å². The summed E-state index contributed by atoms with van der Waals surface area (Å²) in [5.74, 6) is 1.61. The van der Waals surface area contributed by atoms with Crippen LogP contribution in [0.3, 0.4) is 0 Å². The van der Waals surface area contributed by atoms with Gasteiger partial charge in [0.1, 0.15) is 36.5 Å². The van der Waals surface area contributed by atoms with Crippen molar-refractivity contribution in [1.82, 2.24) is 29.0 Å². The summed E-state index contributed by atoms with van der Waals surface area (Å²) >= 11 is 0. The van der Waals surface area contributed by atoms with Crippen molar-refractivity contribution in [2.75, 3.05) is 25.4 Å². The molecule has 10 nitrogen and oxygen atoms in total. The third kappa shape index (κ3) is 8.67. The molecule has 2 N–H and O–H groups in total. The Morgan fingerprint density at radius 1 is 1.10 bits per heavy atom. The number of halogens is 3. The molecule has 52 heavy (non-hydrogen) atoms. The fourth-order valence-electron chi connectivity index (χ4n) is 7.74. The van der Waals surface area contributed by atoms with Gasteiger partial charge >= 0.3 is 6.18 Å². The first-order valence-electron chi connectivity index (χ1n) is 18.7. The zero-order chi connectivity index (χ0) is 37.6. The minimum atomic E-state index is -4.42. The average molecular weight is 744 g/mol. The van der Waals surface area contributed by atoms with Crippen molar-refractivity contribution in [3.63, 3.8) is 0 Å². The summed E-state index contributed by atoms with van der Waals surface area (Å²) in [5, 5.41) is 0.794. The number of alkyl halides is 3. The summed E-state index contributed by atoms with van der Waals surface area (Å²) in [6.45, 7) is 20.3. The smallest absolute Gasteiger partial charge is 0.383 e. The Balaban J connectivity index is 1.12. The molecule has 1 saturated carbocycles. The molecule has 1 aromatic carbocycles. The Bertz CT molecular complexity index is 1830. The van der Waals surface area contributed by atoms with Crippen LogP contribution in [-0.2, 0) is 33.5 Å². The average Bonchev–Trinajstić information content (AvgIpc) is 3.71. The number of imidazole rings is 1. The normalized spacial score (nSPS) is 22.9. The van der Waals surface area contributed by atoms with Gasteiger partial charge in [0.2, 0.25) is 0 Å². The number of nitrogens with zero attached hydrogens (tertiary/aromatic N) is 6. The molecule has 6 rings (SSSR count). The second kappa shape index (κ2) is 15.0. The van der Waals surface area contributed by atoms with Crippen LogP contribution < -0.4 is 5.73 Å². The van der Waals surface area contributed by atoms with Gasteiger partial charge in [0.15, 0.2) is 12.0 Å². The lowest BCUT2D eigenvalue weighted by Crippen LogP contribution is -2.45. The van der Waals surface area contributed by atoms with Gasteiger partial charge in [-0.15, -0.1) is 0 Å². The highest BCUT2D eigenvalue weighted by Crippen LogP contribution is 2.43. The largest absolute Gasteiger partial charge is 0.416 e. The van der Waals surface area contributed by atoms with Crippen LogP contribution in [0.5, 0.6) is 0 Å². The molecule has 2 fully saturated rings. The third-order valence-corrected chi connectivity index (χ3v) is 12.5. The molecule has 0 amide bonds. The molecule has 3 atom stereocenters. The van der Waals surface area contributed by atoms with Crippen LogP contribution >= 0.6 is 0 Å². The zero-order valence-corrected chi connectivity index (χ0v) is 32.9. The predicted molar refractivity (Wildman–Crippen MR) is 200 cm³/mol. The lowest BCUT2D eigenvalue weighted by atomic mass is 9.72. The molecule has 4 heterocycles. The van der Waals surface area contributed by atoms with Gasteiger partial charge < -0.3 is 34.0 Å². The van der Waals surface area contributed by atoms with E-state index in [9.17, 15) is 13.2 Å². The SMILES string of the molecule is CCC(CN(CC1CC(Cc2nc3cc(C(F)(F)F)ccc3n2COCC[Si](C)(C)C)C1)C(C)C)C1OC(C)(C)OC1n1ccc2c(N)ncnc21. The Morgan fingerprint density at radius 3 is 2.52 bits per heavy atom. The number of hydrogen-bond donors (Lipinski definition) is 1. The van der Waals surface area contributed by atoms with Crippen LogP contribution in [0.25, 0.3) is 22.1 Å². The molecular weight excluding hydrogens is 688 g/mol. The first kappa shape index (κ1) is 38.7. The zero-order valence-electron chi connectivity index (χ0n) is 31.9. The van der Waals surface area contributed by atoms with Crippen molar-refractivity contribution >= 4 is 36.0 Å². The van der Waals surface area contributed by atoms with Gasteiger partial charge in [0, 0.05) is 52.3 Å². The van der Waals surface area contributed by atoms with Crippen LogP contribution in [0.1, 0.15) is 71.5 Å². The van der Waals surface area contributed by atoms with E-state index < -0.39 is 25.6 Å². The van der Waals surface area contributed by atoms with Crippen molar-refractivity contribution in [3.05, 3.63) is 48.2 Å². The molecule has 14 heteroatoms. The van der Waals surface area contributed by atoms with Crippen molar-refractivity contribution in [3.8, 4) is 0 Å². The standard InChI is InChI=1S/C38H56F3N7O3Si/c1-9-27(33-36(51-37(4,5)50-33)47-13-12-29-34(42)43-22-44-35(29)47)21-46(24(2)3)20-26-16-25(17-26)18-32-45-30-19-28(38(39,40)41)10-11-31(30)48(32)23-49-14-15-52(6,7)8/h10-13,19,22,24-27,33,36H,9,14-18,20-21,23H2,1-8H3,(H2,42,43,44). The van der Waals surface area contributed by atoms with Crippen LogP contribution in [-0.4, -0.2) is 74.7 Å². The molecule has 1 aliphatic heterocycles. The minimum absolute atomic E-state index is 0.194. The first-order valence-corrected chi connectivity index (χ1v) is 22.4. The van der Waals surface area contributed by atoms with Crippen molar-refractivity contribution in [2.45, 2.75) is 123 Å². The van der Waals surface area contributed by atoms with Gasteiger partial charge in [-0.1, -0.05) is 26.6 Å². The highest BCUT2D eigenvalue weighted by molar-refractivity contribution is 6.76. The fourth-order valence-corrected chi connectivity index (χ4v) is 8.50. The molecule has 0 spiro atoms. The molecule has 0 radical (unpaired) electrons. The lowest BCUT2D eigenvalue weighted by molar-refractivity contribution is -0.156. The summed E-state index contributed by atoms with van der Waals surface area (Å²) in [5.41, 5.74) is 7.26. The van der Waals surface area contributed by atoms with E-state index >= 15 is 0 Å². The number of anilines is 1. The van der Waals surface area contributed by atoms with Gasteiger partial charge in [-0.25, -0.2) is 15.0 Å². The van der Waals surface area contributed by atoms with Crippen molar-refractivity contribution in [2.24, 2.45) is 17.8 Å². The molecule has 3 unspecified atom stereocenters. The van der Waals surface area contributed by atoms with E-state index in [-0.39, 0.29) is 18.2 Å². The number of ether oxygens (including phenoxy) is 3. The Kier molecular flexibility index (Phi) is 11.2. The molecule has 3 aromatic heterocycles. The monoisotopic (exact) mass is 743 g/mol. The summed E-state index contributed by atoms with van der Waals surface area (Å²) in [4.78, 5) is 16.0. The van der Waals surface area contributed by atoms with Gasteiger partial charge in [-0.3, -0.25) is 0 Å². The summed E-state index contributed by atoms with van der Waals surface area (Å²) in [7, 11) is -1.28. The van der Waals surface area contributed by atoms with E-state index in [1.165, 1.54) is 18.5 Å². The third-order valence-electron chi connectivity index (χ3n) is 10.8. The van der Waals surface area contributed by atoms with E-state index in [1.807, 2.05) is 35.2 Å². The number of benzene rings is 1. The van der Waals surface area contributed by atoms with E-state index in [0.29, 0.717) is 54.5 Å². The van der Waals surface area contributed by atoms with Gasteiger partial charge in [-0.2, -0.15) is 13.2 Å². The molecule has 286 valence electrons. The number of fused-ring (bicyclic) bond motifs is 2. The first-order chi connectivity index (χ1) is 24.4. The number of hydrogen-bond acceptors (Lipinski definition) is 8. The second-order valence-corrected chi connectivity index (χ2v) is 22.5. The van der Waals surface area contributed by atoms with Crippen LogP contribution in [0.15, 0.2) is 36.8 Å². The van der Waals surface area contributed by atoms with E-state index in [0.717, 1.165) is 61.3 Å². The molecular formula is C38H56F3N7O3Si. The maximum absolute atomic E-state index is 13.6. The summed E-state index contributed by atoms with van der Waals surface area (Å²) < 4.78 is 63.9. The highest BCUT2D eigenvalue weighted by Gasteiger charge is 2.47. The number of nitrogen functional groups attached to an aromatic ring is 1. The van der Waals surface area contributed by atoms with Crippen molar-refractivity contribution < 1.29 is 27.4 Å². The summed E-state index contributed by atoms with van der Waals surface area (Å²) in [6.07, 6.45) is 2.19. The Hall–Kier alpha value is -3.04. The number of nitrogens with two attached hydrogens (primary N) is 1. The molecule has 0 bridgehead atoms. The van der Waals surface area contributed by atoms with Gasteiger partial charge in [0.05, 0.1) is 22.0 Å². The fraction of sp³-hybridized carbons (Fsp3) is 0.658. The minimum Gasteiger partial charge on any atom is -0.383 e. The van der Waals surface area contributed by atoms with Gasteiger partial charge in [0.25, 0.3) is 0 Å². The Morgan fingerprint density at radius 2 is 1.85 bits per heavy atom. The van der Waals surface area contributed by atoms with Crippen LogP contribution in [0, 0.1) is 17.8 Å². The Labute approximate surface area is 306 Å². The lowest BCUT2D eigenvalue weighted by Gasteiger charge is -2.41. The molecule has 1 aliphatic carbocycles. The quantitative estimate of drug-likeness (QED) is 0.0958. The van der Waals surface area contributed by atoms with Crippen LogP contribution in [0.2, 0.25) is 25.7 Å². The summed E-state index contributed by atoms with van der Waals surface area (Å²) in [6, 6.07) is 7.14. The number of rotatable bonds is 15. The van der Waals surface area contributed by atoms with E-state index in [4.69, 9.17) is 24.9 Å². The molecule has 1 saturated heterocycles. The number of aromatic nitrogens is 5. The van der Waals surface area contributed by atoms with Crippen LogP contribution in [0.4, 0.5) is 19.0 Å². The molecule has 2 aliphatic rings. The second-order valence-electron chi connectivity index (χ2n) is 16.8. The molecule has 4 aromatic rings. The van der Waals surface area contributed by atoms with Gasteiger partial charge in [-0.05, 0) is 89.1 Å². The highest BCUT2D eigenvalue weighted by atomic mass is 28.3. The predicted octanol–water partition coefficient (Wildman–Crippen LogP) is 8.35. The van der Waals surface area contributed by atoms with E-state index in [2.05, 4.69) is 55.3 Å². The maximum atomic E-state index is 13.6. The maximum Gasteiger partial charge on any atom is 0.416 e. The topological polar surface area (TPSA) is 105 Å².